The van der Waals surface area contributed by atoms with Crippen LogP contribution in [0.3, 0.4) is 0 Å². The van der Waals surface area contributed by atoms with Gasteiger partial charge >= 0.3 is 5.97 Å². The lowest BCUT2D eigenvalue weighted by atomic mass is 10.1. The van der Waals surface area contributed by atoms with Crippen LogP contribution in [0.15, 0.2) is 55.1 Å². The Bertz CT molecular complexity index is 1230. The molecule has 0 aliphatic rings. The number of benzene rings is 1. The summed E-state index contributed by atoms with van der Waals surface area (Å²) in [4.78, 5) is 24.5. The average molecular weight is 403 g/mol. The number of rotatable bonds is 6. The number of fused-ring (bicyclic) bond motifs is 1. The maximum atomic E-state index is 11.3. The largest absolute Gasteiger partial charge is 0.495 e. The van der Waals surface area contributed by atoms with Crippen LogP contribution in [0.5, 0.6) is 5.75 Å². The quantitative estimate of drug-likeness (QED) is 0.488. The Morgan fingerprint density at radius 1 is 1.20 bits per heavy atom. The molecule has 0 radical (unpaired) electrons. The molecule has 0 saturated carbocycles. The topological polar surface area (TPSA) is 102 Å². The Morgan fingerprint density at radius 2 is 2.03 bits per heavy atom. The number of ether oxygens (including phenoxy) is 1. The number of nitrogens with one attached hydrogen (secondary N) is 1. The second-order valence-electron chi connectivity index (χ2n) is 7.05. The third kappa shape index (κ3) is 3.55. The lowest BCUT2D eigenvalue weighted by Gasteiger charge is -2.11. The minimum atomic E-state index is -1.02. The standard InChI is InChI=1S/C22H21N5O3/c1-13(2)27-12-16(15-6-8-23-11-19(15)27)17-7-9-24-22(25-17)26-18-10-14(21(28)29)4-5-20(18)30-3/h4-13H,1-3H3,(H,28,29)(H,24,25,26). The zero-order valence-electron chi connectivity index (χ0n) is 16.8. The summed E-state index contributed by atoms with van der Waals surface area (Å²) in [5.41, 5.74) is 3.37. The predicted molar refractivity (Wildman–Crippen MR) is 114 cm³/mol. The molecule has 0 atom stereocenters. The highest BCUT2D eigenvalue weighted by Gasteiger charge is 2.15. The van der Waals surface area contributed by atoms with E-state index in [-0.39, 0.29) is 11.6 Å². The molecular formula is C22H21N5O3. The maximum Gasteiger partial charge on any atom is 0.335 e. The minimum absolute atomic E-state index is 0.141. The van der Waals surface area contributed by atoms with Crippen LogP contribution in [-0.4, -0.2) is 37.7 Å². The van der Waals surface area contributed by atoms with E-state index in [1.807, 2.05) is 18.3 Å². The molecule has 8 nitrogen and oxygen atoms in total. The van der Waals surface area contributed by atoms with Crippen molar-refractivity contribution >= 4 is 28.5 Å². The Morgan fingerprint density at radius 3 is 2.77 bits per heavy atom. The molecular weight excluding hydrogens is 382 g/mol. The number of carbonyl (C=O) groups is 1. The van der Waals surface area contributed by atoms with Gasteiger partial charge in [-0.1, -0.05) is 0 Å². The molecule has 30 heavy (non-hydrogen) atoms. The highest BCUT2D eigenvalue weighted by atomic mass is 16.5. The molecule has 4 aromatic rings. The number of hydrogen-bond acceptors (Lipinski definition) is 6. The molecule has 152 valence electrons. The fraction of sp³-hybridized carbons (Fsp3) is 0.182. The Balaban J connectivity index is 1.76. The fourth-order valence-corrected chi connectivity index (χ4v) is 3.36. The van der Waals surface area contributed by atoms with Crippen LogP contribution in [0.1, 0.15) is 30.2 Å². The van der Waals surface area contributed by atoms with E-state index in [1.54, 1.807) is 18.5 Å². The van der Waals surface area contributed by atoms with Gasteiger partial charge in [0.2, 0.25) is 5.95 Å². The highest BCUT2D eigenvalue weighted by molar-refractivity contribution is 5.95. The summed E-state index contributed by atoms with van der Waals surface area (Å²) in [7, 11) is 1.52. The normalized spacial score (nSPS) is 11.1. The number of aromatic carboxylic acids is 1. The van der Waals surface area contributed by atoms with Gasteiger partial charge in [-0.15, -0.1) is 0 Å². The van der Waals surface area contributed by atoms with Crippen molar-refractivity contribution in [3.05, 3.63) is 60.7 Å². The second kappa shape index (κ2) is 7.82. The first-order chi connectivity index (χ1) is 14.5. The summed E-state index contributed by atoms with van der Waals surface area (Å²) in [6, 6.07) is 8.66. The summed E-state index contributed by atoms with van der Waals surface area (Å²) in [5.74, 6) is -0.185. The maximum absolute atomic E-state index is 11.3. The number of hydrogen-bond donors (Lipinski definition) is 2. The number of nitrogens with zero attached hydrogens (tertiary/aromatic N) is 4. The van der Waals surface area contributed by atoms with Crippen LogP contribution in [0, 0.1) is 0 Å². The molecule has 0 saturated heterocycles. The number of pyridine rings is 1. The van der Waals surface area contributed by atoms with Crippen molar-refractivity contribution in [2.45, 2.75) is 19.9 Å². The zero-order valence-corrected chi connectivity index (χ0v) is 16.8. The van der Waals surface area contributed by atoms with Crippen LogP contribution < -0.4 is 10.1 Å². The summed E-state index contributed by atoms with van der Waals surface area (Å²) in [6.07, 6.45) is 7.34. The monoisotopic (exact) mass is 403 g/mol. The van der Waals surface area contributed by atoms with E-state index in [0.717, 1.165) is 22.2 Å². The summed E-state index contributed by atoms with van der Waals surface area (Å²) in [6.45, 7) is 4.23. The van der Waals surface area contributed by atoms with Crippen LogP contribution >= 0.6 is 0 Å². The number of methoxy groups -OCH3 is 1. The first-order valence-electron chi connectivity index (χ1n) is 9.44. The van der Waals surface area contributed by atoms with Crippen molar-refractivity contribution < 1.29 is 14.6 Å². The molecule has 3 aromatic heterocycles. The summed E-state index contributed by atoms with van der Waals surface area (Å²) >= 11 is 0. The Labute approximate surface area is 173 Å². The van der Waals surface area contributed by atoms with Crippen LogP contribution in [0.4, 0.5) is 11.6 Å². The van der Waals surface area contributed by atoms with Crippen molar-refractivity contribution in [3.63, 3.8) is 0 Å². The van der Waals surface area contributed by atoms with E-state index in [2.05, 4.69) is 44.9 Å². The van der Waals surface area contributed by atoms with Crippen molar-refractivity contribution in [3.8, 4) is 17.0 Å². The first-order valence-corrected chi connectivity index (χ1v) is 9.44. The lowest BCUT2D eigenvalue weighted by Crippen LogP contribution is -2.03. The summed E-state index contributed by atoms with van der Waals surface area (Å²) in [5, 5.41) is 13.4. The molecule has 2 N–H and O–H groups in total. The Hall–Kier alpha value is -3.94. The van der Waals surface area contributed by atoms with Gasteiger partial charge in [0.25, 0.3) is 0 Å². The molecule has 8 heteroatoms. The van der Waals surface area contributed by atoms with Crippen LogP contribution in [-0.2, 0) is 0 Å². The van der Waals surface area contributed by atoms with Gasteiger partial charge in [0, 0.05) is 35.6 Å². The van der Waals surface area contributed by atoms with Crippen molar-refractivity contribution in [1.29, 1.82) is 0 Å². The van der Waals surface area contributed by atoms with Crippen molar-refractivity contribution in [2.75, 3.05) is 12.4 Å². The van der Waals surface area contributed by atoms with Crippen molar-refractivity contribution in [2.24, 2.45) is 0 Å². The number of anilines is 2. The molecule has 0 aliphatic heterocycles. The van der Waals surface area contributed by atoms with Crippen LogP contribution in [0.2, 0.25) is 0 Å². The minimum Gasteiger partial charge on any atom is -0.495 e. The fourth-order valence-electron chi connectivity index (χ4n) is 3.36. The molecule has 0 amide bonds. The van der Waals surface area contributed by atoms with Crippen LogP contribution in [0.25, 0.3) is 22.2 Å². The lowest BCUT2D eigenvalue weighted by molar-refractivity contribution is 0.0697. The van der Waals surface area contributed by atoms with Gasteiger partial charge < -0.3 is 19.7 Å². The highest BCUT2D eigenvalue weighted by Crippen LogP contribution is 2.32. The number of carboxylic acids is 1. The molecule has 1 aromatic carbocycles. The van der Waals surface area contributed by atoms with E-state index in [4.69, 9.17) is 4.74 Å². The van der Waals surface area contributed by atoms with Gasteiger partial charge in [0.1, 0.15) is 5.75 Å². The smallest absolute Gasteiger partial charge is 0.335 e. The van der Waals surface area contributed by atoms with E-state index in [9.17, 15) is 9.90 Å². The van der Waals surface area contributed by atoms with Gasteiger partial charge in [0.15, 0.2) is 0 Å². The second-order valence-corrected chi connectivity index (χ2v) is 7.05. The summed E-state index contributed by atoms with van der Waals surface area (Å²) < 4.78 is 7.49. The molecule has 0 spiro atoms. The third-order valence-corrected chi connectivity index (χ3v) is 4.82. The molecule has 3 heterocycles. The van der Waals surface area contributed by atoms with Gasteiger partial charge in [0.05, 0.1) is 35.8 Å². The average Bonchev–Trinajstić information content (AvgIpc) is 3.14. The van der Waals surface area contributed by atoms with E-state index < -0.39 is 5.97 Å². The molecule has 0 unspecified atom stereocenters. The van der Waals surface area contributed by atoms with Crippen molar-refractivity contribution in [1.82, 2.24) is 19.5 Å². The molecule has 0 aliphatic carbocycles. The number of carboxylic acid groups (broad SMARTS) is 1. The Kier molecular flexibility index (Phi) is 5.05. The van der Waals surface area contributed by atoms with Gasteiger partial charge in [-0.25, -0.2) is 14.8 Å². The van der Waals surface area contributed by atoms with E-state index in [0.29, 0.717) is 17.4 Å². The van der Waals surface area contributed by atoms with Gasteiger partial charge in [-0.05, 0) is 44.2 Å². The third-order valence-electron chi connectivity index (χ3n) is 4.82. The van der Waals surface area contributed by atoms with E-state index >= 15 is 0 Å². The van der Waals surface area contributed by atoms with Gasteiger partial charge in [-0.3, -0.25) is 4.98 Å². The first kappa shape index (κ1) is 19.4. The zero-order chi connectivity index (χ0) is 21.3. The predicted octanol–water partition coefficient (Wildman–Crippen LogP) is 4.52. The number of aromatic nitrogens is 4. The SMILES string of the molecule is COc1ccc(C(=O)O)cc1Nc1nccc(-c2cn(C(C)C)c3cnccc23)n1. The molecule has 0 bridgehead atoms. The molecule has 4 rings (SSSR count). The van der Waals surface area contributed by atoms with E-state index in [1.165, 1.54) is 19.2 Å². The van der Waals surface area contributed by atoms with Gasteiger partial charge in [-0.2, -0.15) is 0 Å². The molecule has 0 fully saturated rings.